The van der Waals surface area contributed by atoms with Gasteiger partial charge in [-0.1, -0.05) is 13.8 Å². The van der Waals surface area contributed by atoms with Gasteiger partial charge in [-0.25, -0.2) is 9.98 Å². The Labute approximate surface area is 190 Å². The summed E-state index contributed by atoms with van der Waals surface area (Å²) < 4.78 is 6.17. The monoisotopic (exact) mass is 441 g/mol. The van der Waals surface area contributed by atoms with Gasteiger partial charge in [0.25, 0.3) is 5.91 Å². The van der Waals surface area contributed by atoms with Gasteiger partial charge < -0.3 is 20.3 Å². The topological polar surface area (TPSA) is 94.5 Å². The summed E-state index contributed by atoms with van der Waals surface area (Å²) in [5.74, 6) is 1.73. The van der Waals surface area contributed by atoms with Crippen molar-refractivity contribution < 1.29 is 9.53 Å². The Morgan fingerprint density at radius 2 is 1.97 bits per heavy atom. The molecule has 2 N–H and O–H groups in total. The molecule has 2 atom stereocenters. The number of ether oxygens (including phenoxy) is 1. The second-order valence-electron chi connectivity index (χ2n) is 9.12. The number of morpholine rings is 1. The Bertz CT molecular complexity index is 886. The summed E-state index contributed by atoms with van der Waals surface area (Å²) in [5, 5.41) is 6.59. The molecule has 4 heterocycles. The SMILES string of the molecule is CCC(CC)N1C(=O)C(C)(C)OC2C1=NC(Nc1ccc(N3CCNCC3)cn1)=NC2C. The van der Waals surface area contributed by atoms with Crippen molar-refractivity contribution in [3.8, 4) is 0 Å². The second kappa shape index (κ2) is 9.15. The molecule has 9 heteroatoms. The summed E-state index contributed by atoms with van der Waals surface area (Å²) in [4.78, 5) is 31.5. The van der Waals surface area contributed by atoms with Crippen LogP contribution in [0.15, 0.2) is 28.3 Å². The van der Waals surface area contributed by atoms with Crippen LogP contribution < -0.4 is 15.5 Å². The summed E-state index contributed by atoms with van der Waals surface area (Å²) in [5.41, 5.74) is 0.207. The first-order valence-corrected chi connectivity index (χ1v) is 11.7. The van der Waals surface area contributed by atoms with E-state index in [1.807, 2.05) is 37.9 Å². The van der Waals surface area contributed by atoms with Gasteiger partial charge in [0.1, 0.15) is 23.4 Å². The number of carbonyl (C=O) groups excluding carboxylic acids is 1. The molecule has 0 bridgehead atoms. The van der Waals surface area contributed by atoms with Crippen molar-refractivity contribution in [2.24, 2.45) is 9.98 Å². The number of amidine groups is 1. The maximum absolute atomic E-state index is 13.3. The number of pyridine rings is 1. The number of hydrogen-bond donors (Lipinski definition) is 2. The van der Waals surface area contributed by atoms with Crippen molar-refractivity contribution in [2.45, 2.75) is 71.2 Å². The average molecular weight is 442 g/mol. The van der Waals surface area contributed by atoms with Gasteiger partial charge in [0.05, 0.1) is 17.9 Å². The van der Waals surface area contributed by atoms with Crippen molar-refractivity contribution in [1.29, 1.82) is 0 Å². The molecule has 0 aromatic carbocycles. The first-order valence-electron chi connectivity index (χ1n) is 11.7. The molecule has 0 aliphatic carbocycles. The molecule has 1 aromatic rings. The highest BCUT2D eigenvalue weighted by Gasteiger charge is 2.50. The Morgan fingerprint density at radius 1 is 1.25 bits per heavy atom. The number of nitrogens with one attached hydrogen (secondary N) is 2. The molecule has 4 rings (SSSR count). The summed E-state index contributed by atoms with van der Waals surface area (Å²) in [6.07, 6.45) is 3.24. The predicted octanol–water partition coefficient (Wildman–Crippen LogP) is 2.25. The van der Waals surface area contributed by atoms with Crippen molar-refractivity contribution >= 4 is 29.2 Å². The third-order valence-electron chi connectivity index (χ3n) is 6.42. The fourth-order valence-corrected chi connectivity index (χ4v) is 4.53. The van der Waals surface area contributed by atoms with Crippen molar-refractivity contribution in [1.82, 2.24) is 15.2 Å². The second-order valence-corrected chi connectivity index (χ2v) is 9.12. The normalized spacial score (nSPS) is 25.4. The smallest absolute Gasteiger partial charge is 0.259 e. The van der Waals surface area contributed by atoms with Crippen LogP contribution in [0.4, 0.5) is 11.5 Å². The first-order chi connectivity index (χ1) is 15.3. The van der Waals surface area contributed by atoms with Crippen molar-refractivity contribution in [2.75, 3.05) is 36.4 Å². The van der Waals surface area contributed by atoms with Crippen LogP contribution in [0.2, 0.25) is 0 Å². The molecule has 3 aliphatic heterocycles. The largest absolute Gasteiger partial charge is 0.368 e. The molecule has 0 radical (unpaired) electrons. The quantitative estimate of drug-likeness (QED) is 0.728. The lowest BCUT2D eigenvalue weighted by molar-refractivity contribution is -0.164. The molecular formula is C23H35N7O2. The number of anilines is 2. The number of guanidine groups is 1. The molecule has 32 heavy (non-hydrogen) atoms. The van der Waals surface area contributed by atoms with Crippen molar-refractivity contribution in [3.63, 3.8) is 0 Å². The van der Waals surface area contributed by atoms with Gasteiger partial charge in [0.15, 0.2) is 0 Å². The molecule has 1 aromatic heterocycles. The number of aromatic nitrogens is 1. The molecule has 2 unspecified atom stereocenters. The Hall–Kier alpha value is -2.52. The summed E-state index contributed by atoms with van der Waals surface area (Å²) in [6, 6.07) is 3.92. The number of hydrogen-bond acceptors (Lipinski definition) is 8. The summed E-state index contributed by atoms with van der Waals surface area (Å²) >= 11 is 0. The molecule has 0 saturated carbocycles. The number of nitrogens with zero attached hydrogens (tertiary/aromatic N) is 5. The number of piperazine rings is 1. The molecular weight excluding hydrogens is 406 g/mol. The van der Waals surface area contributed by atoms with E-state index in [1.54, 1.807) is 0 Å². The van der Waals surface area contributed by atoms with Gasteiger partial charge in [-0.15, -0.1) is 0 Å². The van der Waals surface area contributed by atoms with Crippen LogP contribution in [-0.4, -0.2) is 77.6 Å². The van der Waals surface area contributed by atoms with E-state index in [9.17, 15) is 4.79 Å². The Kier molecular flexibility index (Phi) is 6.48. The van der Waals surface area contributed by atoms with E-state index in [4.69, 9.17) is 14.7 Å². The van der Waals surface area contributed by atoms with Crippen molar-refractivity contribution in [3.05, 3.63) is 18.3 Å². The summed E-state index contributed by atoms with van der Waals surface area (Å²) in [7, 11) is 0. The van der Waals surface area contributed by atoms with Crippen LogP contribution in [0.5, 0.6) is 0 Å². The average Bonchev–Trinajstić information content (AvgIpc) is 2.79. The minimum atomic E-state index is -0.900. The minimum Gasteiger partial charge on any atom is -0.368 e. The highest BCUT2D eigenvalue weighted by Crippen LogP contribution is 2.32. The van der Waals surface area contributed by atoms with Gasteiger partial charge in [-0.2, -0.15) is 4.99 Å². The zero-order valence-corrected chi connectivity index (χ0v) is 19.8. The predicted molar refractivity (Wildman–Crippen MR) is 127 cm³/mol. The molecule has 1 amide bonds. The van der Waals surface area contributed by atoms with Crippen LogP contribution >= 0.6 is 0 Å². The molecule has 0 spiro atoms. The zero-order valence-electron chi connectivity index (χ0n) is 19.8. The van der Waals surface area contributed by atoms with E-state index < -0.39 is 5.60 Å². The van der Waals surface area contributed by atoms with Gasteiger partial charge in [-0.05, 0) is 45.7 Å². The zero-order chi connectivity index (χ0) is 22.9. The Balaban J connectivity index is 1.57. The van der Waals surface area contributed by atoms with Crippen LogP contribution in [0.1, 0.15) is 47.5 Å². The Morgan fingerprint density at radius 3 is 2.59 bits per heavy atom. The van der Waals surface area contributed by atoms with E-state index >= 15 is 0 Å². The third-order valence-corrected chi connectivity index (χ3v) is 6.42. The maximum atomic E-state index is 13.3. The first kappa shape index (κ1) is 22.7. The third kappa shape index (κ3) is 4.36. The number of amides is 1. The standard InChI is InChI=1S/C23H35N7O2/c1-6-16(7-2)30-20-19(32-23(4,5)21(30)31)15(3)26-22(28-20)27-18-9-8-17(14-25-18)29-12-10-24-11-13-29/h8-9,14-16,19,24H,6-7,10-13H2,1-5H3,(H,25,26,27). The molecule has 9 nitrogen and oxygen atoms in total. The van der Waals surface area contributed by atoms with Gasteiger partial charge in [0, 0.05) is 32.2 Å². The van der Waals surface area contributed by atoms with E-state index in [0.29, 0.717) is 17.6 Å². The minimum absolute atomic E-state index is 0.0480. The molecule has 3 aliphatic rings. The van der Waals surface area contributed by atoms with Gasteiger partial charge in [-0.3, -0.25) is 9.69 Å². The summed E-state index contributed by atoms with van der Waals surface area (Å²) in [6.45, 7) is 13.8. The van der Waals surface area contributed by atoms with Crippen LogP contribution in [0.3, 0.4) is 0 Å². The van der Waals surface area contributed by atoms with Crippen LogP contribution in [-0.2, 0) is 9.53 Å². The van der Waals surface area contributed by atoms with E-state index in [-0.39, 0.29) is 24.1 Å². The number of carbonyl (C=O) groups is 1. The van der Waals surface area contributed by atoms with E-state index in [1.165, 1.54) is 0 Å². The number of fused-ring (bicyclic) bond motifs is 1. The number of aliphatic imine (C=N–C) groups is 2. The lowest BCUT2D eigenvalue weighted by Gasteiger charge is -2.47. The lowest BCUT2D eigenvalue weighted by atomic mass is 9.96. The fraction of sp³-hybridized carbons (Fsp3) is 0.652. The lowest BCUT2D eigenvalue weighted by Crippen LogP contribution is -2.65. The highest BCUT2D eigenvalue weighted by atomic mass is 16.5. The number of rotatable bonds is 5. The molecule has 2 saturated heterocycles. The van der Waals surface area contributed by atoms with E-state index in [2.05, 4.69) is 40.4 Å². The fourth-order valence-electron chi connectivity index (χ4n) is 4.53. The van der Waals surface area contributed by atoms with Crippen LogP contribution in [0.25, 0.3) is 0 Å². The van der Waals surface area contributed by atoms with Gasteiger partial charge >= 0.3 is 0 Å². The van der Waals surface area contributed by atoms with Gasteiger partial charge in [0.2, 0.25) is 5.96 Å². The van der Waals surface area contributed by atoms with E-state index in [0.717, 1.165) is 44.7 Å². The maximum Gasteiger partial charge on any atom is 0.259 e. The highest BCUT2D eigenvalue weighted by molar-refractivity contribution is 6.13. The molecule has 174 valence electrons. The molecule has 2 fully saturated rings. The van der Waals surface area contributed by atoms with Crippen LogP contribution in [0, 0.1) is 0 Å².